The molecule has 3 fully saturated rings. The number of phenolic OH excluding ortho intramolecular Hbond substituents is 1. The number of phenols is 1. The number of imide groups is 2. The fraction of sp³-hybridized carbons (Fsp3) is 0.400. The molecule has 2 aliphatic heterocycles. The number of aromatic hydroxyl groups is 1. The standard InChI is InChI=1S/C30H20Br2Cl2F6N2O6/c1-48-19-5-11(4-18(32)22(19)43)21-15-2-3-16-20(17(15)9-27(33)25(46)41(10-31)26(47)28(21,27)34)24(45)42(23(16)44)14-7-12(29(35,36)37)6-13(8-14)30(38,39)40/h2,4-8,16-17,20-21,43H,3,9-10H2,1H3/t16-,17+,20-,21-,27+,28-/m0/s1. The Kier molecular flexibility index (Phi) is 8.28. The number of amides is 4. The van der Waals surface area contributed by atoms with Crippen molar-refractivity contribution in [1.82, 2.24) is 4.90 Å². The van der Waals surface area contributed by atoms with E-state index in [1.165, 1.54) is 25.3 Å². The third-order valence-electron chi connectivity index (χ3n) is 9.45. The zero-order chi connectivity index (χ0) is 35.5. The molecule has 2 aliphatic carbocycles. The number of nitrogens with zero attached hydrogens (tertiary/aromatic N) is 2. The van der Waals surface area contributed by atoms with Crippen LogP contribution in [-0.2, 0) is 31.5 Å². The molecule has 8 nitrogen and oxygen atoms in total. The van der Waals surface area contributed by atoms with Gasteiger partial charge in [0.15, 0.2) is 21.2 Å². The highest BCUT2D eigenvalue weighted by atomic mass is 79.9. The fourth-order valence-corrected chi connectivity index (χ4v) is 9.25. The van der Waals surface area contributed by atoms with Crippen molar-refractivity contribution in [3.63, 3.8) is 0 Å². The summed E-state index contributed by atoms with van der Waals surface area (Å²) in [7, 11) is 1.26. The summed E-state index contributed by atoms with van der Waals surface area (Å²) in [6.07, 6.45) is -9.65. The number of hydrogen-bond acceptors (Lipinski definition) is 6. The Bertz CT molecular complexity index is 1810. The number of likely N-dealkylation sites (tertiary alicyclic amines) is 1. The smallest absolute Gasteiger partial charge is 0.416 e. The number of rotatable bonds is 4. The van der Waals surface area contributed by atoms with E-state index in [0.717, 1.165) is 4.90 Å². The molecule has 0 aromatic heterocycles. The first-order chi connectivity index (χ1) is 22.2. The van der Waals surface area contributed by atoms with Crippen molar-refractivity contribution in [3.05, 3.63) is 63.1 Å². The lowest BCUT2D eigenvalue weighted by atomic mass is 9.56. The Morgan fingerprint density at radius 2 is 1.54 bits per heavy atom. The van der Waals surface area contributed by atoms with Crippen molar-refractivity contribution in [2.24, 2.45) is 17.8 Å². The van der Waals surface area contributed by atoms with Crippen LogP contribution in [0.15, 0.2) is 46.5 Å². The number of alkyl halides is 9. The van der Waals surface area contributed by atoms with Gasteiger partial charge < -0.3 is 9.84 Å². The van der Waals surface area contributed by atoms with E-state index in [2.05, 4.69) is 31.9 Å². The van der Waals surface area contributed by atoms with Gasteiger partial charge >= 0.3 is 12.4 Å². The lowest BCUT2D eigenvalue weighted by molar-refractivity contribution is -0.143. The van der Waals surface area contributed by atoms with Crippen LogP contribution < -0.4 is 9.64 Å². The summed E-state index contributed by atoms with van der Waals surface area (Å²) in [5.41, 5.74) is -4.16. The van der Waals surface area contributed by atoms with Gasteiger partial charge in [-0.3, -0.25) is 24.1 Å². The molecule has 0 bridgehead atoms. The van der Waals surface area contributed by atoms with E-state index in [1.54, 1.807) is 0 Å². The van der Waals surface area contributed by atoms with Gasteiger partial charge in [-0.25, -0.2) is 4.90 Å². The third-order valence-corrected chi connectivity index (χ3v) is 12.0. The molecule has 2 heterocycles. The average Bonchev–Trinajstić information content (AvgIpc) is 3.34. The number of carbonyl (C=O) groups is 4. The minimum atomic E-state index is -5.25. The highest BCUT2D eigenvalue weighted by Crippen LogP contribution is 2.66. The van der Waals surface area contributed by atoms with Crippen molar-refractivity contribution < 1.29 is 55.4 Å². The second-order valence-corrected chi connectivity index (χ2v) is 14.4. The Hall–Kier alpha value is -2.82. The van der Waals surface area contributed by atoms with Gasteiger partial charge in [0.25, 0.3) is 11.8 Å². The maximum atomic E-state index is 14.1. The first-order valence-electron chi connectivity index (χ1n) is 14.0. The molecule has 0 radical (unpaired) electrons. The van der Waals surface area contributed by atoms with Crippen LogP contribution >= 0.6 is 55.1 Å². The minimum Gasteiger partial charge on any atom is -0.503 e. The topological polar surface area (TPSA) is 104 Å². The van der Waals surface area contributed by atoms with E-state index in [-0.39, 0.29) is 39.5 Å². The largest absolute Gasteiger partial charge is 0.503 e. The Morgan fingerprint density at radius 3 is 2.08 bits per heavy atom. The van der Waals surface area contributed by atoms with Gasteiger partial charge in [0.2, 0.25) is 11.8 Å². The van der Waals surface area contributed by atoms with Crippen LogP contribution in [0, 0.1) is 17.8 Å². The Morgan fingerprint density at radius 1 is 0.938 bits per heavy atom. The van der Waals surface area contributed by atoms with Gasteiger partial charge in [0, 0.05) is 5.92 Å². The van der Waals surface area contributed by atoms with Crippen molar-refractivity contribution in [2.45, 2.75) is 40.9 Å². The second kappa shape index (κ2) is 11.4. The van der Waals surface area contributed by atoms with Crippen LogP contribution in [0.4, 0.5) is 32.0 Å². The van der Waals surface area contributed by atoms with Crippen LogP contribution in [0.25, 0.3) is 0 Å². The van der Waals surface area contributed by atoms with Crippen LogP contribution in [0.2, 0.25) is 0 Å². The lowest BCUT2D eigenvalue weighted by Gasteiger charge is -2.50. The molecule has 0 spiro atoms. The molecule has 6 rings (SSSR count). The number of ether oxygens (including phenoxy) is 1. The van der Waals surface area contributed by atoms with Crippen LogP contribution in [0.3, 0.4) is 0 Å². The van der Waals surface area contributed by atoms with Crippen LogP contribution in [0.5, 0.6) is 11.5 Å². The van der Waals surface area contributed by atoms with E-state index in [4.69, 9.17) is 27.9 Å². The number of halogens is 10. The van der Waals surface area contributed by atoms with Crippen molar-refractivity contribution in [3.8, 4) is 11.5 Å². The average molecular weight is 849 g/mol. The van der Waals surface area contributed by atoms with Gasteiger partial charge in [-0.2, -0.15) is 26.3 Å². The summed E-state index contributed by atoms with van der Waals surface area (Å²) in [6.45, 7) is 0. The van der Waals surface area contributed by atoms with Crippen LogP contribution in [0.1, 0.15) is 35.4 Å². The first kappa shape index (κ1) is 35.0. The van der Waals surface area contributed by atoms with E-state index in [0.29, 0.717) is 22.6 Å². The van der Waals surface area contributed by atoms with Crippen molar-refractivity contribution in [2.75, 3.05) is 17.5 Å². The number of benzene rings is 2. The highest BCUT2D eigenvalue weighted by Gasteiger charge is 2.76. The van der Waals surface area contributed by atoms with E-state index in [1.807, 2.05) is 0 Å². The SMILES string of the molecule is COc1cc([C@H]2C3=CC[C@@H]4C(=O)N(c5cc(C(F)(F)F)cc(C(F)(F)F)c5)C(=O)[C@@H]4[C@@H]3C[C@@]3(Cl)C(=O)N(CBr)C(=O)[C@@]23Cl)cc(Br)c1O. The normalized spacial score (nSPS) is 30.4. The number of carbonyl (C=O) groups excluding carboxylic acids is 4. The van der Waals surface area contributed by atoms with Gasteiger partial charge in [-0.1, -0.05) is 27.6 Å². The highest BCUT2D eigenvalue weighted by molar-refractivity contribution is 9.10. The second-order valence-electron chi connectivity index (χ2n) is 11.8. The van der Waals surface area contributed by atoms with Crippen molar-refractivity contribution in [1.29, 1.82) is 0 Å². The Balaban J connectivity index is 1.53. The predicted molar refractivity (Wildman–Crippen MR) is 165 cm³/mol. The molecule has 1 N–H and O–H groups in total. The lowest BCUT2D eigenvalue weighted by Crippen LogP contribution is -2.60. The molecular weight excluding hydrogens is 829 g/mol. The molecule has 2 saturated heterocycles. The maximum Gasteiger partial charge on any atom is 0.416 e. The molecule has 0 unspecified atom stereocenters. The van der Waals surface area contributed by atoms with Gasteiger partial charge in [0.1, 0.15) is 0 Å². The van der Waals surface area contributed by atoms with E-state index >= 15 is 0 Å². The third kappa shape index (κ3) is 4.83. The molecular formula is C30H20Br2Cl2F6N2O6. The molecule has 1 saturated carbocycles. The van der Waals surface area contributed by atoms with Gasteiger partial charge in [-0.15, -0.1) is 23.2 Å². The summed E-state index contributed by atoms with van der Waals surface area (Å²) in [5, 5.41) is 10.5. The molecule has 4 amide bonds. The molecule has 2 aromatic carbocycles. The number of anilines is 1. The summed E-state index contributed by atoms with van der Waals surface area (Å²) >= 11 is 20.6. The summed E-state index contributed by atoms with van der Waals surface area (Å²) < 4.78 is 87.5. The number of hydrogen-bond donors (Lipinski definition) is 1. The number of methoxy groups -OCH3 is 1. The summed E-state index contributed by atoms with van der Waals surface area (Å²) in [6, 6.07) is 3.22. The zero-order valence-corrected chi connectivity index (χ0v) is 28.7. The number of allylic oxidation sites excluding steroid dienone is 2. The van der Waals surface area contributed by atoms with Gasteiger partial charge in [0.05, 0.1) is 45.7 Å². The molecule has 18 heteroatoms. The quantitative estimate of drug-likeness (QED) is 0.116. The maximum absolute atomic E-state index is 14.1. The fourth-order valence-electron chi connectivity index (χ4n) is 7.36. The molecule has 256 valence electrons. The monoisotopic (exact) mass is 846 g/mol. The van der Waals surface area contributed by atoms with E-state index in [9.17, 15) is 50.6 Å². The zero-order valence-electron chi connectivity index (χ0n) is 24.1. The Labute approximate surface area is 294 Å². The minimum absolute atomic E-state index is 0.0614. The number of fused-ring (bicyclic) bond motifs is 4. The van der Waals surface area contributed by atoms with E-state index < -0.39 is 92.6 Å². The molecule has 6 atom stereocenters. The van der Waals surface area contributed by atoms with Gasteiger partial charge in [-0.05, 0) is 70.6 Å². The predicted octanol–water partition coefficient (Wildman–Crippen LogP) is 7.12. The van der Waals surface area contributed by atoms with Crippen LogP contribution in [-0.4, -0.2) is 55.9 Å². The molecule has 2 aromatic rings. The first-order valence-corrected chi connectivity index (χ1v) is 16.6. The summed E-state index contributed by atoms with van der Waals surface area (Å²) in [5.74, 6) is -9.38. The van der Waals surface area contributed by atoms with Crippen molar-refractivity contribution >= 4 is 84.4 Å². The molecule has 48 heavy (non-hydrogen) atoms. The molecule has 4 aliphatic rings. The summed E-state index contributed by atoms with van der Waals surface area (Å²) in [4.78, 5) is 52.2.